The number of nitrogens with one attached hydrogen (secondary N) is 1. The molecule has 2 nitrogen and oxygen atoms in total. The highest BCUT2D eigenvalue weighted by Gasteiger charge is 2.38. The average Bonchev–Trinajstić information content (AvgIpc) is 3.22. The molecule has 0 aliphatic heterocycles. The van der Waals surface area contributed by atoms with Crippen molar-refractivity contribution in [2.75, 3.05) is 13.2 Å². The van der Waals surface area contributed by atoms with Crippen LogP contribution >= 0.6 is 15.9 Å². The van der Waals surface area contributed by atoms with Crippen molar-refractivity contribution in [2.24, 2.45) is 5.92 Å². The zero-order valence-electron chi connectivity index (χ0n) is 11.5. The van der Waals surface area contributed by atoms with Gasteiger partial charge in [-0.2, -0.15) is 0 Å². The second-order valence-electron chi connectivity index (χ2n) is 4.94. The third-order valence-electron chi connectivity index (χ3n) is 3.51. The molecule has 1 aromatic rings. The summed E-state index contributed by atoms with van der Waals surface area (Å²) in [6.45, 7) is 5.50. The van der Waals surface area contributed by atoms with Crippen molar-refractivity contribution in [3.63, 3.8) is 0 Å². The van der Waals surface area contributed by atoms with Gasteiger partial charge in [0.2, 0.25) is 0 Å². The fourth-order valence-corrected chi connectivity index (χ4v) is 2.89. The predicted octanol–water partition coefficient (Wildman–Crippen LogP) is 4.05. The molecular weight excluding hydrogens is 309 g/mol. The summed E-state index contributed by atoms with van der Waals surface area (Å²) in [5, 5.41) is 3.39. The third-order valence-corrected chi connectivity index (χ3v) is 4.13. The minimum atomic E-state index is -0.182. The van der Waals surface area contributed by atoms with Crippen molar-refractivity contribution in [3.05, 3.63) is 34.1 Å². The Bertz CT molecular complexity index is 423. The van der Waals surface area contributed by atoms with Crippen LogP contribution in [0.4, 0.5) is 4.39 Å². The van der Waals surface area contributed by atoms with E-state index in [0.717, 1.165) is 6.54 Å². The molecule has 0 radical (unpaired) electrons. The van der Waals surface area contributed by atoms with E-state index < -0.39 is 0 Å². The molecule has 1 aliphatic carbocycles. The zero-order chi connectivity index (χ0) is 13.8. The number of halogens is 2. The van der Waals surface area contributed by atoms with Crippen LogP contribution in [-0.2, 0) is 4.74 Å². The van der Waals surface area contributed by atoms with Gasteiger partial charge in [0.25, 0.3) is 0 Å². The first-order valence-electron chi connectivity index (χ1n) is 6.97. The lowest BCUT2D eigenvalue weighted by Crippen LogP contribution is -2.36. The van der Waals surface area contributed by atoms with Crippen LogP contribution in [0.3, 0.4) is 0 Å². The highest BCUT2D eigenvalue weighted by molar-refractivity contribution is 9.10. The minimum Gasteiger partial charge on any atom is -0.376 e. The molecular formula is C15H21BrFNO. The normalized spacial score (nSPS) is 18.3. The Labute approximate surface area is 122 Å². The van der Waals surface area contributed by atoms with Crippen molar-refractivity contribution in [1.82, 2.24) is 5.32 Å². The summed E-state index contributed by atoms with van der Waals surface area (Å²) >= 11 is 3.26. The van der Waals surface area contributed by atoms with Crippen LogP contribution in [0.15, 0.2) is 22.7 Å². The molecule has 106 valence electrons. The SMILES string of the molecule is CCNC(c1cccc(Br)c1F)C(OCC)C1CC1. The van der Waals surface area contributed by atoms with Crippen molar-refractivity contribution in [2.45, 2.75) is 38.8 Å². The molecule has 1 N–H and O–H groups in total. The lowest BCUT2D eigenvalue weighted by Gasteiger charge is -2.28. The van der Waals surface area contributed by atoms with Crippen LogP contribution in [0.25, 0.3) is 0 Å². The summed E-state index contributed by atoms with van der Waals surface area (Å²) in [6, 6.07) is 5.38. The first-order chi connectivity index (χ1) is 9.19. The van der Waals surface area contributed by atoms with Crippen LogP contribution in [0.2, 0.25) is 0 Å². The van der Waals surface area contributed by atoms with Crippen molar-refractivity contribution in [3.8, 4) is 0 Å². The third kappa shape index (κ3) is 3.56. The van der Waals surface area contributed by atoms with Gasteiger partial charge in [0.15, 0.2) is 0 Å². The molecule has 0 bridgehead atoms. The molecule has 1 aromatic carbocycles. The lowest BCUT2D eigenvalue weighted by atomic mass is 9.97. The van der Waals surface area contributed by atoms with E-state index in [-0.39, 0.29) is 18.0 Å². The first-order valence-corrected chi connectivity index (χ1v) is 7.77. The molecule has 0 saturated heterocycles. The van der Waals surface area contributed by atoms with Gasteiger partial charge in [-0.25, -0.2) is 4.39 Å². The Kier molecular flexibility index (Phi) is 5.37. The number of likely N-dealkylation sites (N-methyl/N-ethyl adjacent to an activating group) is 1. The maximum atomic E-state index is 14.3. The topological polar surface area (TPSA) is 21.3 Å². The van der Waals surface area contributed by atoms with Crippen LogP contribution < -0.4 is 5.32 Å². The Morgan fingerprint density at radius 3 is 2.74 bits per heavy atom. The van der Waals surface area contributed by atoms with Gasteiger partial charge in [-0.05, 0) is 54.2 Å². The van der Waals surface area contributed by atoms with E-state index in [2.05, 4.69) is 21.2 Å². The number of hydrogen-bond acceptors (Lipinski definition) is 2. The lowest BCUT2D eigenvalue weighted by molar-refractivity contribution is 0.0180. The summed E-state index contributed by atoms with van der Waals surface area (Å²) in [5.74, 6) is 0.376. The van der Waals surface area contributed by atoms with Crippen molar-refractivity contribution in [1.29, 1.82) is 0 Å². The molecule has 1 fully saturated rings. The molecule has 1 aliphatic rings. The Morgan fingerprint density at radius 1 is 1.42 bits per heavy atom. The van der Waals surface area contributed by atoms with Gasteiger partial charge < -0.3 is 10.1 Å². The molecule has 2 atom stereocenters. The smallest absolute Gasteiger partial charge is 0.142 e. The second kappa shape index (κ2) is 6.82. The average molecular weight is 330 g/mol. The summed E-state index contributed by atoms with van der Waals surface area (Å²) in [6.07, 6.45) is 2.43. The maximum absolute atomic E-state index is 14.3. The minimum absolute atomic E-state index is 0.0637. The van der Waals surface area contributed by atoms with Gasteiger partial charge in [0, 0.05) is 12.2 Å². The largest absolute Gasteiger partial charge is 0.376 e. The maximum Gasteiger partial charge on any atom is 0.142 e. The molecule has 0 amide bonds. The van der Waals surface area contributed by atoms with E-state index >= 15 is 0 Å². The van der Waals surface area contributed by atoms with E-state index in [9.17, 15) is 4.39 Å². The van der Waals surface area contributed by atoms with E-state index in [4.69, 9.17) is 4.74 Å². The second-order valence-corrected chi connectivity index (χ2v) is 5.79. The van der Waals surface area contributed by atoms with Gasteiger partial charge in [0.05, 0.1) is 16.6 Å². The van der Waals surface area contributed by atoms with E-state index in [1.54, 1.807) is 6.07 Å². The van der Waals surface area contributed by atoms with Gasteiger partial charge in [0.1, 0.15) is 5.82 Å². The van der Waals surface area contributed by atoms with Crippen LogP contribution in [0.1, 0.15) is 38.3 Å². The van der Waals surface area contributed by atoms with Crippen molar-refractivity contribution >= 4 is 15.9 Å². The molecule has 4 heteroatoms. The number of hydrogen-bond donors (Lipinski definition) is 1. The molecule has 2 rings (SSSR count). The van der Waals surface area contributed by atoms with Gasteiger partial charge in [-0.1, -0.05) is 19.1 Å². The predicted molar refractivity (Wildman–Crippen MR) is 78.7 cm³/mol. The molecule has 2 unspecified atom stereocenters. The molecule has 1 saturated carbocycles. The Hall–Kier alpha value is -0.450. The van der Waals surface area contributed by atoms with Gasteiger partial charge >= 0.3 is 0 Å². The number of rotatable bonds is 7. The van der Waals surface area contributed by atoms with Gasteiger partial charge in [-0.3, -0.25) is 0 Å². The summed E-state index contributed by atoms with van der Waals surface area (Å²) in [7, 11) is 0. The highest BCUT2D eigenvalue weighted by atomic mass is 79.9. The molecule has 0 spiro atoms. The van der Waals surface area contributed by atoms with Crippen LogP contribution in [0, 0.1) is 11.7 Å². The van der Waals surface area contributed by atoms with E-state index in [1.807, 2.05) is 26.0 Å². The van der Waals surface area contributed by atoms with Crippen LogP contribution in [-0.4, -0.2) is 19.3 Å². The molecule has 0 heterocycles. The standard InChI is InChI=1S/C15H21BrFNO/c1-3-18-14(15(19-4-2)10-8-9-10)11-6-5-7-12(16)13(11)17/h5-7,10,14-15,18H,3-4,8-9H2,1-2H3. The van der Waals surface area contributed by atoms with Gasteiger partial charge in [-0.15, -0.1) is 0 Å². The summed E-state index contributed by atoms with van der Waals surface area (Å²) in [5.41, 5.74) is 0.696. The fourth-order valence-electron chi connectivity index (χ4n) is 2.51. The van der Waals surface area contributed by atoms with E-state index in [0.29, 0.717) is 22.6 Å². The zero-order valence-corrected chi connectivity index (χ0v) is 13.0. The molecule has 0 aromatic heterocycles. The van der Waals surface area contributed by atoms with Crippen molar-refractivity contribution < 1.29 is 9.13 Å². The summed E-state index contributed by atoms with van der Waals surface area (Å²) in [4.78, 5) is 0. The van der Waals surface area contributed by atoms with E-state index in [1.165, 1.54) is 12.8 Å². The number of benzene rings is 1. The van der Waals surface area contributed by atoms with Crippen LogP contribution in [0.5, 0.6) is 0 Å². The Balaban J connectivity index is 2.29. The molecule has 19 heavy (non-hydrogen) atoms. The Morgan fingerprint density at radius 2 is 2.16 bits per heavy atom. The highest BCUT2D eigenvalue weighted by Crippen LogP contribution is 2.41. The fraction of sp³-hybridized carbons (Fsp3) is 0.600. The number of ether oxygens (including phenoxy) is 1. The first kappa shape index (κ1) is 14.9. The quantitative estimate of drug-likeness (QED) is 0.814. The summed E-state index contributed by atoms with van der Waals surface area (Å²) < 4.78 is 20.7. The monoisotopic (exact) mass is 329 g/mol.